The van der Waals surface area contributed by atoms with Crippen LogP contribution in [0.3, 0.4) is 0 Å². The van der Waals surface area contributed by atoms with Crippen LogP contribution in [0.25, 0.3) is 0 Å². The van der Waals surface area contributed by atoms with E-state index >= 15 is 0 Å². The lowest BCUT2D eigenvalue weighted by atomic mass is 10.0. The summed E-state index contributed by atoms with van der Waals surface area (Å²) >= 11 is 0. The summed E-state index contributed by atoms with van der Waals surface area (Å²) in [6, 6.07) is 6.68. The Hall–Kier alpha value is -1.88. The number of rotatable bonds is 5. The summed E-state index contributed by atoms with van der Waals surface area (Å²) in [4.78, 5) is 23.8. The molecule has 0 saturated carbocycles. The molecule has 0 spiro atoms. The van der Waals surface area contributed by atoms with Crippen LogP contribution in [-0.2, 0) is 4.79 Å². The Bertz CT molecular complexity index is 458. The molecule has 0 aliphatic rings. The Morgan fingerprint density at radius 2 is 1.89 bits per heavy atom. The molecule has 1 aromatic rings. The SMILES string of the molecule is CCNC(=O)c1ccccc1NC(=O)C(C)C(C)N. The number of nitrogens with two attached hydrogens (primary N) is 1. The highest BCUT2D eigenvalue weighted by molar-refractivity contribution is 6.04. The number of benzene rings is 1. The maximum absolute atomic E-state index is 12.0. The molecule has 0 saturated heterocycles. The van der Waals surface area contributed by atoms with Crippen LogP contribution in [0, 0.1) is 5.92 Å². The number of anilines is 1. The third-order valence-electron chi connectivity index (χ3n) is 2.97. The summed E-state index contributed by atoms with van der Waals surface area (Å²) in [5.74, 6) is -0.708. The van der Waals surface area contributed by atoms with Gasteiger partial charge in [0.15, 0.2) is 0 Å². The standard InChI is InChI=1S/C14H21N3O2/c1-4-16-14(19)11-7-5-6-8-12(11)17-13(18)9(2)10(3)15/h5-10H,4,15H2,1-3H3,(H,16,19)(H,17,18). The summed E-state index contributed by atoms with van der Waals surface area (Å²) in [7, 11) is 0. The second-order valence-electron chi connectivity index (χ2n) is 4.54. The number of carbonyl (C=O) groups excluding carboxylic acids is 2. The predicted octanol–water partition coefficient (Wildman–Crippen LogP) is 1.36. The van der Waals surface area contributed by atoms with Crippen LogP contribution in [-0.4, -0.2) is 24.4 Å². The van der Waals surface area contributed by atoms with Gasteiger partial charge in [-0.15, -0.1) is 0 Å². The van der Waals surface area contributed by atoms with Gasteiger partial charge in [-0.05, 0) is 26.0 Å². The molecular formula is C14H21N3O2. The van der Waals surface area contributed by atoms with Crippen LogP contribution in [0.1, 0.15) is 31.1 Å². The van der Waals surface area contributed by atoms with Gasteiger partial charge >= 0.3 is 0 Å². The Morgan fingerprint density at radius 1 is 1.26 bits per heavy atom. The molecule has 0 aliphatic carbocycles. The molecule has 4 N–H and O–H groups in total. The van der Waals surface area contributed by atoms with Gasteiger partial charge in [0.2, 0.25) is 5.91 Å². The molecule has 0 radical (unpaired) electrons. The van der Waals surface area contributed by atoms with E-state index in [1.807, 2.05) is 6.92 Å². The molecule has 0 aromatic heterocycles. The summed E-state index contributed by atoms with van der Waals surface area (Å²) in [5.41, 5.74) is 6.65. The first kappa shape index (κ1) is 15.2. The van der Waals surface area contributed by atoms with E-state index < -0.39 is 0 Å². The van der Waals surface area contributed by atoms with E-state index in [1.165, 1.54) is 0 Å². The van der Waals surface area contributed by atoms with Crippen molar-refractivity contribution in [1.82, 2.24) is 5.32 Å². The van der Waals surface area contributed by atoms with E-state index in [1.54, 1.807) is 38.1 Å². The van der Waals surface area contributed by atoms with Gasteiger partial charge in [-0.2, -0.15) is 0 Å². The Kier molecular flexibility index (Phi) is 5.51. The minimum absolute atomic E-state index is 0.188. The molecule has 1 rings (SSSR count). The van der Waals surface area contributed by atoms with E-state index in [9.17, 15) is 9.59 Å². The molecule has 0 heterocycles. The van der Waals surface area contributed by atoms with Gasteiger partial charge in [-0.1, -0.05) is 19.1 Å². The smallest absolute Gasteiger partial charge is 0.253 e. The van der Waals surface area contributed by atoms with Crippen LogP contribution in [0.4, 0.5) is 5.69 Å². The molecule has 2 atom stereocenters. The lowest BCUT2D eigenvalue weighted by Crippen LogP contribution is -2.35. The van der Waals surface area contributed by atoms with Crippen molar-refractivity contribution in [3.8, 4) is 0 Å². The van der Waals surface area contributed by atoms with E-state index in [-0.39, 0.29) is 23.8 Å². The molecule has 5 heteroatoms. The average molecular weight is 263 g/mol. The molecule has 19 heavy (non-hydrogen) atoms. The third kappa shape index (κ3) is 4.06. The topological polar surface area (TPSA) is 84.2 Å². The Labute approximate surface area is 113 Å². The minimum atomic E-state index is -0.317. The van der Waals surface area contributed by atoms with Gasteiger partial charge in [-0.25, -0.2) is 0 Å². The second kappa shape index (κ2) is 6.89. The van der Waals surface area contributed by atoms with E-state index in [0.717, 1.165) is 0 Å². The Morgan fingerprint density at radius 3 is 2.47 bits per heavy atom. The molecule has 2 unspecified atom stereocenters. The van der Waals surface area contributed by atoms with Crippen molar-refractivity contribution in [3.05, 3.63) is 29.8 Å². The van der Waals surface area contributed by atoms with E-state index in [4.69, 9.17) is 5.73 Å². The van der Waals surface area contributed by atoms with Crippen LogP contribution in [0.5, 0.6) is 0 Å². The fraction of sp³-hybridized carbons (Fsp3) is 0.429. The highest BCUT2D eigenvalue weighted by Gasteiger charge is 2.19. The molecule has 104 valence electrons. The van der Waals surface area contributed by atoms with Gasteiger partial charge < -0.3 is 16.4 Å². The number of carbonyl (C=O) groups is 2. The first-order valence-electron chi connectivity index (χ1n) is 6.41. The fourth-order valence-corrected chi connectivity index (χ4v) is 1.53. The molecule has 2 amide bonds. The van der Waals surface area contributed by atoms with E-state index in [0.29, 0.717) is 17.8 Å². The fourth-order valence-electron chi connectivity index (χ4n) is 1.53. The first-order valence-corrected chi connectivity index (χ1v) is 6.41. The van der Waals surface area contributed by atoms with Gasteiger partial charge in [0.1, 0.15) is 0 Å². The monoisotopic (exact) mass is 263 g/mol. The molecule has 0 aliphatic heterocycles. The zero-order chi connectivity index (χ0) is 14.4. The van der Waals surface area contributed by atoms with Crippen molar-refractivity contribution < 1.29 is 9.59 Å². The molecule has 5 nitrogen and oxygen atoms in total. The van der Waals surface area contributed by atoms with Crippen LogP contribution < -0.4 is 16.4 Å². The Balaban J connectivity index is 2.89. The van der Waals surface area contributed by atoms with Crippen molar-refractivity contribution in [2.24, 2.45) is 11.7 Å². The normalized spacial score (nSPS) is 13.5. The summed E-state index contributed by atoms with van der Waals surface area (Å²) in [6.45, 7) is 5.92. The molecule has 0 bridgehead atoms. The van der Waals surface area contributed by atoms with Crippen molar-refractivity contribution in [1.29, 1.82) is 0 Å². The lowest BCUT2D eigenvalue weighted by molar-refractivity contribution is -0.119. The van der Waals surface area contributed by atoms with E-state index in [2.05, 4.69) is 10.6 Å². The van der Waals surface area contributed by atoms with Crippen LogP contribution in [0.15, 0.2) is 24.3 Å². The number of para-hydroxylation sites is 1. The zero-order valence-corrected chi connectivity index (χ0v) is 11.6. The summed E-state index contributed by atoms with van der Waals surface area (Å²) in [6.07, 6.45) is 0. The highest BCUT2D eigenvalue weighted by atomic mass is 16.2. The third-order valence-corrected chi connectivity index (χ3v) is 2.97. The zero-order valence-electron chi connectivity index (χ0n) is 11.6. The number of nitrogens with one attached hydrogen (secondary N) is 2. The minimum Gasteiger partial charge on any atom is -0.352 e. The highest BCUT2D eigenvalue weighted by Crippen LogP contribution is 2.16. The van der Waals surface area contributed by atoms with Crippen molar-refractivity contribution in [2.75, 3.05) is 11.9 Å². The second-order valence-corrected chi connectivity index (χ2v) is 4.54. The quantitative estimate of drug-likeness (QED) is 0.750. The summed E-state index contributed by atoms with van der Waals surface area (Å²) < 4.78 is 0. The molecule has 1 aromatic carbocycles. The maximum Gasteiger partial charge on any atom is 0.253 e. The van der Waals surface area contributed by atoms with Gasteiger partial charge in [-0.3, -0.25) is 9.59 Å². The van der Waals surface area contributed by atoms with Gasteiger partial charge in [0, 0.05) is 12.6 Å². The number of hydrogen-bond acceptors (Lipinski definition) is 3. The summed E-state index contributed by atoms with van der Waals surface area (Å²) in [5, 5.41) is 5.46. The molecular weight excluding hydrogens is 242 g/mol. The van der Waals surface area contributed by atoms with Gasteiger partial charge in [0.05, 0.1) is 17.2 Å². The number of hydrogen-bond donors (Lipinski definition) is 3. The number of amides is 2. The first-order chi connectivity index (χ1) is 8.97. The average Bonchev–Trinajstić information content (AvgIpc) is 2.38. The van der Waals surface area contributed by atoms with Gasteiger partial charge in [0.25, 0.3) is 5.91 Å². The van der Waals surface area contributed by atoms with Crippen molar-refractivity contribution >= 4 is 17.5 Å². The largest absolute Gasteiger partial charge is 0.352 e. The van der Waals surface area contributed by atoms with Crippen LogP contribution >= 0.6 is 0 Å². The maximum atomic E-state index is 12.0. The van der Waals surface area contributed by atoms with Crippen LogP contribution in [0.2, 0.25) is 0 Å². The lowest BCUT2D eigenvalue weighted by Gasteiger charge is -2.17. The van der Waals surface area contributed by atoms with Crippen molar-refractivity contribution in [2.45, 2.75) is 26.8 Å². The predicted molar refractivity (Wildman–Crippen MR) is 75.9 cm³/mol. The molecule has 0 fully saturated rings. The van der Waals surface area contributed by atoms with Crippen molar-refractivity contribution in [3.63, 3.8) is 0 Å².